The highest BCUT2D eigenvalue weighted by Crippen LogP contribution is 2.36. The molecular weight excluding hydrogens is 226 g/mol. The molecule has 18 heavy (non-hydrogen) atoms. The van der Waals surface area contributed by atoms with E-state index in [0.717, 1.165) is 16.8 Å². The maximum Gasteiger partial charge on any atom is 0.220 e. The van der Waals surface area contributed by atoms with Crippen LogP contribution in [-0.4, -0.2) is 10.9 Å². The van der Waals surface area contributed by atoms with Crippen LogP contribution >= 0.6 is 0 Å². The fourth-order valence-corrected chi connectivity index (χ4v) is 2.89. The molecule has 0 saturated carbocycles. The number of hydrogen-bond acceptors (Lipinski definition) is 2. The van der Waals surface area contributed by atoms with E-state index in [4.69, 9.17) is 11.5 Å². The Bertz CT molecular complexity index is 629. The van der Waals surface area contributed by atoms with Gasteiger partial charge in [0.25, 0.3) is 0 Å². The Morgan fingerprint density at radius 3 is 2.94 bits per heavy atom. The SMILES string of the molecule is Cc1ccc2[nH]c3c(c2c1)CC(C(N)=O)CC3N. The first-order chi connectivity index (χ1) is 8.56. The summed E-state index contributed by atoms with van der Waals surface area (Å²) in [5, 5.41) is 1.17. The molecule has 2 aromatic rings. The molecule has 1 heterocycles. The van der Waals surface area contributed by atoms with E-state index in [2.05, 4.69) is 30.1 Å². The standard InChI is InChI=1S/C14H17N3O/c1-7-2-3-12-9(4-7)10-5-8(14(16)18)6-11(15)13(10)17-12/h2-4,8,11,17H,5-6,15H2,1H3,(H2,16,18). The molecule has 3 rings (SSSR count). The van der Waals surface area contributed by atoms with Crippen molar-refractivity contribution >= 4 is 16.8 Å². The van der Waals surface area contributed by atoms with Gasteiger partial charge in [-0.25, -0.2) is 0 Å². The van der Waals surface area contributed by atoms with Crippen molar-refractivity contribution in [3.05, 3.63) is 35.0 Å². The summed E-state index contributed by atoms with van der Waals surface area (Å²) < 4.78 is 0. The van der Waals surface area contributed by atoms with Gasteiger partial charge in [0.15, 0.2) is 0 Å². The van der Waals surface area contributed by atoms with Crippen LogP contribution < -0.4 is 11.5 Å². The molecule has 0 aliphatic heterocycles. The number of aromatic amines is 1. The van der Waals surface area contributed by atoms with Gasteiger partial charge < -0.3 is 16.5 Å². The number of rotatable bonds is 1. The average Bonchev–Trinajstić information content (AvgIpc) is 2.68. The summed E-state index contributed by atoms with van der Waals surface area (Å²) in [5.41, 5.74) is 16.1. The Morgan fingerprint density at radius 2 is 2.22 bits per heavy atom. The minimum atomic E-state index is -0.252. The van der Waals surface area contributed by atoms with Gasteiger partial charge in [-0.15, -0.1) is 0 Å². The second kappa shape index (κ2) is 3.85. The molecule has 4 heteroatoms. The monoisotopic (exact) mass is 243 g/mol. The van der Waals surface area contributed by atoms with Gasteiger partial charge >= 0.3 is 0 Å². The minimum absolute atomic E-state index is 0.126. The number of aryl methyl sites for hydroxylation is 1. The molecular formula is C14H17N3O. The number of fused-ring (bicyclic) bond motifs is 3. The molecule has 4 nitrogen and oxygen atoms in total. The largest absolute Gasteiger partial charge is 0.369 e. The van der Waals surface area contributed by atoms with Gasteiger partial charge in [-0.05, 0) is 37.5 Å². The molecule has 0 radical (unpaired) electrons. The normalized spacial score (nSPS) is 23.0. The Kier molecular flexibility index (Phi) is 2.41. The average molecular weight is 243 g/mol. The molecule has 1 amide bonds. The van der Waals surface area contributed by atoms with Crippen LogP contribution in [-0.2, 0) is 11.2 Å². The number of carbonyl (C=O) groups excluding carboxylic acids is 1. The number of aromatic nitrogens is 1. The molecule has 94 valence electrons. The third-order valence-corrected chi connectivity index (χ3v) is 3.86. The Balaban J connectivity index is 2.18. The molecule has 0 bridgehead atoms. The predicted octanol–water partition coefficient (Wildman–Crippen LogP) is 1.52. The summed E-state index contributed by atoms with van der Waals surface area (Å²) in [7, 11) is 0. The molecule has 0 saturated heterocycles. The van der Waals surface area contributed by atoms with Crippen molar-refractivity contribution in [1.82, 2.24) is 4.98 Å². The minimum Gasteiger partial charge on any atom is -0.369 e. The van der Waals surface area contributed by atoms with Crippen LogP contribution in [0.2, 0.25) is 0 Å². The van der Waals surface area contributed by atoms with E-state index in [-0.39, 0.29) is 17.9 Å². The lowest BCUT2D eigenvalue weighted by atomic mass is 9.83. The summed E-state index contributed by atoms with van der Waals surface area (Å²) in [6.45, 7) is 2.06. The zero-order valence-corrected chi connectivity index (χ0v) is 10.4. The van der Waals surface area contributed by atoms with Crippen LogP contribution in [0.3, 0.4) is 0 Å². The molecule has 0 fully saturated rings. The summed E-state index contributed by atoms with van der Waals surface area (Å²) in [5.74, 6) is -0.398. The van der Waals surface area contributed by atoms with Crippen molar-refractivity contribution in [1.29, 1.82) is 0 Å². The van der Waals surface area contributed by atoms with Gasteiger partial charge in [-0.3, -0.25) is 4.79 Å². The van der Waals surface area contributed by atoms with Crippen LogP contribution in [0.5, 0.6) is 0 Å². The van der Waals surface area contributed by atoms with Crippen molar-refractivity contribution < 1.29 is 4.79 Å². The first-order valence-electron chi connectivity index (χ1n) is 6.22. The zero-order valence-electron chi connectivity index (χ0n) is 10.4. The lowest BCUT2D eigenvalue weighted by Gasteiger charge is -2.25. The topological polar surface area (TPSA) is 84.9 Å². The molecule has 2 atom stereocenters. The molecule has 1 aliphatic rings. The highest BCUT2D eigenvalue weighted by Gasteiger charge is 2.30. The van der Waals surface area contributed by atoms with E-state index in [0.29, 0.717) is 12.8 Å². The lowest BCUT2D eigenvalue weighted by Crippen LogP contribution is -2.32. The molecule has 1 aromatic carbocycles. The third-order valence-electron chi connectivity index (χ3n) is 3.86. The van der Waals surface area contributed by atoms with Crippen LogP contribution in [0.4, 0.5) is 0 Å². The number of hydrogen-bond donors (Lipinski definition) is 3. The first-order valence-corrected chi connectivity index (χ1v) is 6.22. The number of carbonyl (C=O) groups is 1. The Hall–Kier alpha value is -1.81. The zero-order chi connectivity index (χ0) is 12.9. The van der Waals surface area contributed by atoms with E-state index >= 15 is 0 Å². The molecule has 0 spiro atoms. The summed E-state index contributed by atoms with van der Waals surface area (Å²) in [6.07, 6.45) is 1.33. The summed E-state index contributed by atoms with van der Waals surface area (Å²) in [6, 6.07) is 6.15. The van der Waals surface area contributed by atoms with E-state index in [1.165, 1.54) is 10.9 Å². The van der Waals surface area contributed by atoms with E-state index in [1.807, 2.05) is 0 Å². The highest BCUT2D eigenvalue weighted by molar-refractivity contribution is 5.87. The van der Waals surface area contributed by atoms with Gasteiger partial charge in [-0.2, -0.15) is 0 Å². The van der Waals surface area contributed by atoms with Crippen molar-refractivity contribution in [2.75, 3.05) is 0 Å². The molecule has 5 N–H and O–H groups in total. The second-order valence-electron chi connectivity index (χ2n) is 5.21. The number of amides is 1. The first kappa shape index (κ1) is 11.3. The summed E-state index contributed by atoms with van der Waals surface area (Å²) >= 11 is 0. The number of nitrogens with one attached hydrogen (secondary N) is 1. The third kappa shape index (κ3) is 1.61. The number of primary amides is 1. The van der Waals surface area contributed by atoms with Crippen molar-refractivity contribution in [3.63, 3.8) is 0 Å². The van der Waals surface area contributed by atoms with Crippen molar-refractivity contribution in [2.24, 2.45) is 17.4 Å². The smallest absolute Gasteiger partial charge is 0.220 e. The van der Waals surface area contributed by atoms with Crippen molar-refractivity contribution in [2.45, 2.75) is 25.8 Å². The number of nitrogens with two attached hydrogens (primary N) is 2. The van der Waals surface area contributed by atoms with Gasteiger partial charge in [-0.1, -0.05) is 11.6 Å². The quantitative estimate of drug-likeness (QED) is 0.709. The number of benzene rings is 1. The summed E-state index contributed by atoms with van der Waals surface area (Å²) in [4.78, 5) is 14.8. The van der Waals surface area contributed by atoms with E-state index in [9.17, 15) is 4.79 Å². The lowest BCUT2D eigenvalue weighted by molar-refractivity contribution is -0.122. The second-order valence-corrected chi connectivity index (χ2v) is 5.21. The number of H-pyrrole nitrogens is 1. The Morgan fingerprint density at radius 1 is 1.44 bits per heavy atom. The molecule has 1 aliphatic carbocycles. The maximum atomic E-state index is 11.4. The van der Waals surface area contributed by atoms with Gasteiger partial charge in [0.2, 0.25) is 5.91 Å². The van der Waals surface area contributed by atoms with Crippen molar-refractivity contribution in [3.8, 4) is 0 Å². The maximum absolute atomic E-state index is 11.4. The van der Waals surface area contributed by atoms with Crippen LogP contribution in [0.1, 0.15) is 29.3 Å². The fraction of sp³-hybridized carbons (Fsp3) is 0.357. The van der Waals surface area contributed by atoms with Crippen LogP contribution in [0.25, 0.3) is 10.9 Å². The molecule has 1 aromatic heterocycles. The van der Waals surface area contributed by atoms with Crippen LogP contribution in [0.15, 0.2) is 18.2 Å². The Labute approximate surface area is 105 Å². The van der Waals surface area contributed by atoms with E-state index in [1.54, 1.807) is 0 Å². The van der Waals surface area contributed by atoms with Crippen LogP contribution in [0, 0.1) is 12.8 Å². The van der Waals surface area contributed by atoms with E-state index < -0.39 is 0 Å². The van der Waals surface area contributed by atoms with Gasteiger partial charge in [0.05, 0.1) is 0 Å². The predicted molar refractivity (Wildman–Crippen MR) is 71.0 cm³/mol. The van der Waals surface area contributed by atoms with Gasteiger partial charge in [0, 0.05) is 28.6 Å². The molecule has 2 unspecified atom stereocenters. The van der Waals surface area contributed by atoms with Gasteiger partial charge in [0.1, 0.15) is 0 Å². The highest BCUT2D eigenvalue weighted by atomic mass is 16.1. The fourth-order valence-electron chi connectivity index (χ4n) is 2.89.